The van der Waals surface area contributed by atoms with Gasteiger partial charge in [-0.25, -0.2) is 4.98 Å². The quantitative estimate of drug-likeness (QED) is 0.507. The van der Waals surface area contributed by atoms with E-state index < -0.39 is 0 Å². The fourth-order valence-electron chi connectivity index (χ4n) is 3.17. The van der Waals surface area contributed by atoms with Gasteiger partial charge in [-0.1, -0.05) is 19.9 Å². The van der Waals surface area contributed by atoms with Gasteiger partial charge >= 0.3 is 0 Å². The number of nitrogens with one attached hydrogen (secondary N) is 1. The summed E-state index contributed by atoms with van der Waals surface area (Å²) in [6.07, 6.45) is 1.72. The highest BCUT2D eigenvalue weighted by Crippen LogP contribution is 2.34. The van der Waals surface area contributed by atoms with Crippen LogP contribution in [0.3, 0.4) is 0 Å². The van der Waals surface area contributed by atoms with Crippen LogP contribution in [-0.2, 0) is 6.42 Å². The maximum Gasteiger partial charge on any atom is 0.257 e. The van der Waals surface area contributed by atoms with Gasteiger partial charge in [0.15, 0.2) is 16.6 Å². The van der Waals surface area contributed by atoms with E-state index in [0.717, 1.165) is 46.2 Å². The Morgan fingerprint density at radius 1 is 1.16 bits per heavy atom. The zero-order valence-corrected chi connectivity index (χ0v) is 18.8. The molecule has 0 radical (unpaired) electrons. The molecule has 6 nitrogen and oxygen atoms in total. The number of fused-ring (bicyclic) bond motifs is 1. The van der Waals surface area contributed by atoms with Crippen molar-refractivity contribution in [3.05, 3.63) is 64.2 Å². The minimum Gasteiger partial charge on any atom is -0.494 e. The average molecular weight is 439 g/mol. The highest BCUT2D eigenvalue weighted by atomic mass is 32.1. The molecule has 1 aliphatic heterocycles. The number of rotatable bonds is 8. The molecule has 0 unspecified atom stereocenters. The normalized spacial score (nSPS) is 12.3. The van der Waals surface area contributed by atoms with E-state index >= 15 is 0 Å². The van der Waals surface area contributed by atoms with E-state index in [1.165, 1.54) is 11.3 Å². The number of aryl methyl sites for hydroxylation is 1. The summed E-state index contributed by atoms with van der Waals surface area (Å²) in [4.78, 5) is 18.2. The van der Waals surface area contributed by atoms with Crippen molar-refractivity contribution in [1.29, 1.82) is 0 Å². The monoisotopic (exact) mass is 438 g/mol. The molecule has 0 atom stereocenters. The molecular formula is C24H26N2O4S. The van der Waals surface area contributed by atoms with Crippen LogP contribution in [-0.4, -0.2) is 24.3 Å². The van der Waals surface area contributed by atoms with Crippen molar-refractivity contribution >= 4 is 22.4 Å². The van der Waals surface area contributed by atoms with E-state index in [0.29, 0.717) is 23.2 Å². The van der Waals surface area contributed by atoms with Gasteiger partial charge in [0.1, 0.15) is 5.75 Å². The SMILES string of the molecule is Cc1nc(NC(=O)c2ccc(OCCC(C)C)cc2)sc1Cc1ccc2c(c1)OCO2. The first-order valence-corrected chi connectivity index (χ1v) is 11.2. The Balaban J connectivity index is 1.37. The smallest absolute Gasteiger partial charge is 0.257 e. The molecule has 2 heterocycles. The Morgan fingerprint density at radius 2 is 1.94 bits per heavy atom. The van der Waals surface area contributed by atoms with Gasteiger partial charge in [-0.2, -0.15) is 0 Å². The van der Waals surface area contributed by atoms with Crippen LogP contribution in [0.4, 0.5) is 5.13 Å². The Labute approximate surface area is 186 Å². The van der Waals surface area contributed by atoms with Gasteiger partial charge in [0, 0.05) is 16.9 Å². The summed E-state index contributed by atoms with van der Waals surface area (Å²) in [5.74, 6) is 2.73. The molecule has 0 spiro atoms. The van der Waals surface area contributed by atoms with Crippen molar-refractivity contribution < 1.29 is 19.0 Å². The van der Waals surface area contributed by atoms with Gasteiger partial charge in [-0.05, 0) is 61.2 Å². The molecule has 7 heteroatoms. The van der Waals surface area contributed by atoms with Crippen molar-refractivity contribution in [3.63, 3.8) is 0 Å². The number of hydrogen-bond donors (Lipinski definition) is 1. The second-order valence-electron chi connectivity index (χ2n) is 7.90. The van der Waals surface area contributed by atoms with Crippen LogP contribution in [0.5, 0.6) is 17.2 Å². The van der Waals surface area contributed by atoms with Gasteiger partial charge < -0.3 is 14.2 Å². The number of amides is 1. The molecule has 31 heavy (non-hydrogen) atoms. The first-order valence-electron chi connectivity index (χ1n) is 10.4. The van der Waals surface area contributed by atoms with Crippen LogP contribution in [0, 0.1) is 12.8 Å². The van der Waals surface area contributed by atoms with E-state index in [4.69, 9.17) is 14.2 Å². The lowest BCUT2D eigenvalue weighted by molar-refractivity contribution is 0.102. The van der Waals surface area contributed by atoms with Crippen LogP contribution >= 0.6 is 11.3 Å². The number of anilines is 1. The number of carbonyl (C=O) groups excluding carboxylic acids is 1. The Hall–Kier alpha value is -3.06. The third-order valence-electron chi connectivity index (χ3n) is 5.00. The molecule has 4 rings (SSSR count). The van der Waals surface area contributed by atoms with E-state index in [1.807, 2.05) is 37.3 Å². The van der Waals surface area contributed by atoms with E-state index in [1.54, 1.807) is 12.1 Å². The van der Waals surface area contributed by atoms with Crippen LogP contribution in [0.15, 0.2) is 42.5 Å². The summed E-state index contributed by atoms with van der Waals surface area (Å²) < 4.78 is 16.5. The first kappa shape index (κ1) is 21.2. The Kier molecular flexibility index (Phi) is 6.42. The average Bonchev–Trinajstić information content (AvgIpc) is 3.34. The van der Waals surface area contributed by atoms with Crippen molar-refractivity contribution in [1.82, 2.24) is 4.98 Å². The van der Waals surface area contributed by atoms with Gasteiger partial charge in [0.25, 0.3) is 5.91 Å². The number of nitrogens with zero attached hydrogens (tertiary/aromatic N) is 1. The molecule has 1 aliphatic rings. The largest absolute Gasteiger partial charge is 0.494 e. The number of ether oxygens (including phenoxy) is 3. The highest BCUT2D eigenvalue weighted by molar-refractivity contribution is 7.15. The lowest BCUT2D eigenvalue weighted by atomic mass is 10.1. The summed E-state index contributed by atoms with van der Waals surface area (Å²) >= 11 is 1.49. The number of thiazole rings is 1. The Bertz CT molecular complexity index is 1060. The van der Waals surface area contributed by atoms with Crippen LogP contribution in [0.25, 0.3) is 0 Å². The zero-order chi connectivity index (χ0) is 21.8. The van der Waals surface area contributed by atoms with Crippen LogP contribution < -0.4 is 19.5 Å². The second kappa shape index (κ2) is 9.39. The van der Waals surface area contributed by atoms with Crippen molar-refractivity contribution in [2.45, 2.75) is 33.6 Å². The molecule has 1 aromatic heterocycles. The summed E-state index contributed by atoms with van der Waals surface area (Å²) in [7, 11) is 0. The predicted molar refractivity (Wildman–Crippen MR) is 122 cm³/mol. The van der Waals surface area contributed by atoms with E-state index in [-0.39, 0.29) is 12.7 Å². The lowest BCUT2D eigenvalue weighted by Crippen LogP contribution is -2.11. The maximum absolute atomic E-state index is 12.6. The molecule has 0 saturated heterocycles. The van der Waals surface area contributed by atoms with Gasteiger partial charge in [-0.15, -0.1) is 11.3 Å². The molecule has 2 aromatic carbocycles. The third kappa shape index (κ3) is 5.35. The minimum atomic E-state index is -0.183. The number of carbonyl (C=O) groups is 1. The van der Waals surface area contributed by atoms with Gasteiger partial charge in [0.2, 0.25) is 6.79 Å². The minimum absolute atomic E-state index is 0.183. The zero-order valence-electron chi connectivity index (χ0n) is 17.9. The predicted octanol–water partition coefficient (Wildman–Crippen LogP) is 5.45. The third-order valence-corrected chi connectivity index (χ3v) is 6.07. The molecule has 162 valence electrons. The van der Waals surface area contributed by atoms with Crippen LogP contribution in [0.1, 0.15) is 46.8 Å². The molecule has 1 N–H and O–H groups in total. The van der Waals surface area contributed by atoms with Crippen LogP contribution in [0.2, 0.25) is 0 Å². The Morgan fingerprint density at radius 3 is 2.71 bits per heavy atom. The van der Waals surface area contributed by atoms with E-state index in [2.05, 4.69) is 24.1 Å². The molecular weight excluding hydrogens is 412 g/mol. The fraction of sp³-hybridized carbons (Fsp3) is 0.333. The summed E-state index contributed by atoms with van der Waals surface area (Å²) in [5, 5.41) is 3.50. The van der Waals surface area contributed by atoms with Crippen molar-refractivity contribution in [2.24, 2.45) is 5.92 Å². The fourth-order valence-corrected chi connectivity index (χ4v) is 4.16. The number of hydrogen-bond acceptors (Lipinski definition) is 6. The maximum atomic E-state index is 12.6. The summed E-state index contributed by atoms with van der Waals surface area (Å²) in [6.45, 7) is 7.22. The first-order chi connectivity index (χ1) is 15.0. The van der Waals surface area contributed by atoms with Crippen molar-refractivity contribution in [2.75, 3.05) is 18.7 Å². The molecule has 0 bridgehead atoms. The second-order valence-corrected chi connectivity index (χ2v) is 8.99. The topological polar surface area (TPSA) is 69.7 Å². The number of aromatic nitrogens is 1. The highest BCUT2D eigenvalue weighted by Gasteiger charge is 2.16. The molecule has 3 aromatic rings. The summed E-state index contributed by atoms with van der Waals surface area (Å²) in [5.41, 5.74) is 2.59. The molecule has 0 aliphatic carbocycles. The van der Waals surface area contributed by atoms with Gasteiger partial charge in [0.05, 0.1) is 12.3 Å². The summed E-state index contributed by atoms with van der Waals surface area (Å²) in [6, 6.07) is 13.1. The number of benzene rings is 2. The van der Waals surface area contributed by atoms with Crippen molar-refractivity contribution in [3.8, 4) is 17.2 Å². The molecule has 0 saturated carbocycles. The van der Waals surface area contributed by atoms with E-state index in [9.17, 15) is 4.79 Å². The van der Waals surface area contributed by atoms with Gasteiger partial charge in [-0.3, -0.25) is 10.1 Å². The lowest BCUT2D eigenvalue weighted by Gasteiger charge is -2.08. The molecule has 0 fully saturated rings. The molecule has 1 amide bonds. The standard InChI is InChI=1S/C24H26N2O4S/c1-15(2)10-11-28-19-7-5-18(6-8-19)23(27)26-24-25-16(3)22(31-24)13-17-4-9-20-21(12-17)30-14-29-20/h4-9,12,15H,10-11,13-14H2,1-3H3,(H,25,26,27).